The van der Waals surface area contributed by atoms with Gasteiger partial charge in [0.05, 0.1) is 19.8 Å². The van der Waals surface area contributed by atoms with Crippen LogP contribution in [0.2, 0.25) is 0 Å². The van der Waals surface area contributed by atoms with E-state index in [1.54, 1.807) is 0 Å². The molecule has 0 atom stereocenters. The van der Waals surface area contributed by atoms with Gasteiger partial charge in [-0.2, -0.15) is 0 Å². The number of hydrogen-bond donors (Lipinski definition) is 2. The smallest absolute Gasteiger partial charge is 0.233 e. The van der Waals surface area contributed by atoms with E-state index in [0.717, 1.165) is 44.0 Å². The van der Waals surface area contributed by atoms with E-state index >= 15 is 0 Å². The fourth-order valence-electron chi connectivity index (χ4n) is 5.36. The second-order valence-corrected chi connectivity index (χ2v) is 10.9. The van der Waals surface area contributed by atoms with E-state index in [-0.39, 0.29) is 5.91 Å². The number of piperidine rings is 2. The van der Waals surface area contributed by atoms with Crippen LogP contribution in [0, 0.1) is 0 Å². The first kappa shape index (κ1) is 29.4. The summed E-state index contributed by atoms with van der Waals surface area (Å²) in [7, 11) is 0. The number of ether oxygens (including phenoxy) is 2. The predicted octanol–water partition coefficient (Wildman–Crippen LogP) is 4.60. The molecule has 2 saturated heterocycles. The van der Waals surface area contributed by atoms with Crippen LogP contribution in [-0.4, -0.2) is 74.7 Å². The molecule has 0 radical (unpaired) electrons. The van der Waals surface area contributed by atoms with Crippen LogP contribution in [0.5, 0.6) is 11.5 Å². The third-order valence-electron chi connectivity index (χ3n) is 7.47. The number of nitrogens with one attached hydrogen (secondary N) is 2. The van der Waals surface area contributed by atoms with Crippen molar-refractivity contribution >= 4 is 5.91 Å². The minimum atomic E-state index is 0.0184. The fraction of sp³-hybridized carbons (Fsp3) is 0.594. The Bertz CT molecular complexity index is 973. The van der Waals surface area contributed by atoms with E-state index in [9.17, 15) is 4.79 Å². The fourth-order valence-corrected chi connectivity index (χ4v) is 5.36. The van der Waals surface area contributed by atoms with E-state index in [0.29, 0.717) is 26.3 Å². The highest BCUT2D eigenvalue weighted by Crippen LogP contribution is 2.19. The van der Waals surface area contributed by atoms with Crippen molar-refractivity contribution in [3.63, 3.8) is 0 Å². The number of carbonyl (C=O) groups excluding carboxylic acids is 1. The average Bonchev–Trinajstić information content (AvgIpc) is 2.96. The molecule has 214 valence electrons. The van der Waals surface area contributed by atoms with E-state index in [2.05, 4.69) is 56.8 Å². The lowest BCUT2D eigenvalue weighted by atomic mass is 10.1. The number of hydrogen-bond acceptors (Lipinski definition) is 6. The summed E-state index contributed by atoms with van der Waals surface area (Å²) in [6.45, 7) is 9.71. The zero-order valence-electron chi connectivity index (χ0n) is 23.7. The highest BCUT2D eigenvalue weighted by atomic mass is 16.5. The maximum Gasteiger partial charge on any atom is 0.233 e. The first-order chi connectivity index (χ1) is 19.2. The monoisotopic (exact) mass is 536 g/mol. The number of carbonyl (C=O) groups is 1. The Morgan fingerprint density at radius 1 is 0.692 bits per heavy atom. The molecular weight excluding hydrogens is 488 g/mol. The Labute approximate surface area is 235 Å². The summed E-state index contributed by atoms with van der Waals surface area (Å²) >= 11 is 0. The zero-order valence-corrected chi connectivity index (χ0v) is 23.7. The van der Waals surface area contributed by atoms with Crippen molar-refractivity contribution in [3.8, 4) is 11.5 Å². The lowest BCUT2D eigenvalue weighted by molar-refractivity contribution is -0.120. The Hall–Kier alpha value is -2.61. The molecule has 2 aromatic carbocycles. The Kier molecular flexibility index (Phi) is 12.9. The molecule has 0 bridgehead atoms. The molecule has 39 heavy (non-hydrogen) atoms. The van der Waals surface area contributed by atoms with Gasteiger partial charge in [-0.1, -0.05) is 37.1 Å². The molecule has 2 heterocycles. The molecule has 2 aliphatic rings. The normalized spacial score (nSPS) is 16.6. The molecule has 2 aliphatic heterocycles. The van der Waals surface area contributed by atoms with Crippen LogP contribution >= 0.6 is 0 Å². The Morgan fingerprint density at radius 2 is 1.21 bits per heavy atom. The molecule has 7 heteroatoms. The van der Waals surface area contributed by atoms with Crippen LogP contribution in [0.15, 0.2) is 48.5 Å². The van der Waals surface area contributed by atoms with Gasteiger partial charge >= 0.3 is 0 Å². The van der Waals surface area contributed by atoms with Gasteiger partial charge in [0.1, 0.15) is 11.5 Å². The first-order valence-electron chi connectivity index (χ1n) is 15.1. The van der Waals surface area contributed by atoms with E-state index in [1.807, 2.05) is 12.1 Å². The number of benzene rings is 2. The molecule has 2 aromatic rings. The largest absolute Gasteiger partial charge is 0.494 e. The third-order valence-corrected chi connectivity index (χ3v) is 7.47. The first-order valence-corrected chi connectivity index (χ1v) is 15.1. The Morgan fingerprint density at radius 3 is 1.74 bits per heavy atom. The maximum atomic E-state index is 12.1. The van der Waals surface area contributed by atoms with Crippen LogP contribution in [-0.2, 0) is 17.9 Å². The van der Waals surface area contributed by atoms with Gasteiger partial charge < -0.3 is 20.1 Å². The van der Waals surface area contributed by atoms with Crippen molar-refractivity contribution in [3.05, 3.63) is 59.7 Å². The van der Waals surface area contributed by atoms with Gasteiger partial charge in [-0.05, 0) is 107 Å². The van der Waals surface area contributed by atoms with Crippen LogP contribution in [0.1, 0.15) is 62.5 Å². The van der Waals surface area contributed by atoms with Crippen molar-refractivity contribution in [2.24, 2.45) is 0 Å². The van der Waals surface area contributed by atoms with Crippen molar-refractivity contribution in [2.45, 2.75) is 64.5 Å². The quantitative estimate of drug-likeness (QED) is 0.306. The summed E-state index contributed by atoms with van der Waals surface area (Å²) in [6.07, 6.45) is 9.59. The summed E-state index contributed by atoms with van der Waals surface area (Å²) < 4.78 is 11.9. The predicted molar refractivity (Wildman–Crippen MR) is 157 cm³/mol. The molecule has 0 spiro atoms. The Balaban J connectivity index is 0.994. The van der Waals surface area contributed by atoms with Crippen molar-refractivity contribution in [1.82, 2.24) is 20.4 Å². The van der Waals surface area contributed by atoms with E-state index < -0.39 is 0 Å². The summed E-state index contributed by atoms with van der Waals surface area (Å²) in [5.41, 5.74) is 2.62. The van der Waals surface area contributed by atoms with Crippen molar-refractivity contribution in [2.75, 3.05) is 59.0 Å². The van der Waals surface area contributed by atoms with Crippen LogP contribution in [0.3, 0.4) is 0 Å². The SMILES string of the molecule is O=C(CNCCCOc1cccc(CN2CCCCC2)c1)NCCCOc1cccc(CN2CCCCC2)c1. The van der Waals surface area contributed by atoms with Gasteiger partial charge in [0.15, 0.2) is 0 Å². The van der Waals surface area contributed by atoms with Gasteiger partial charge in [-0.25, -0.2) is 0 Å². The molecule has 0 aliphatic carbocycles. The summed E-state index contributed by atoms with van der Waals surface area (Å²) in [6, 6.07) is 16.8. The second kappa shape index (κ2) is 17.2. The highest BCUT2D eigenvalue weighted by Gasteiger charge is 2.12. The lowest BCUT2D eigenvalue weighted by Crippen LogP contribution is -2.35. The maximum absolute atomic E-state index is 12.1. The van der Waals surface area contributed by atoms with Gasteiger partial charge in [0.25, 0.3) is 0 Å². The molecule has 7 nitrogen and oxygen atoms in total. The van der Waals surface area contributed by atoms with E-state index in [1.165, 1.54) is 75.8 Å². The highest BCUT2D eigenvalue weighted by molar-refractivity contribution is 5.77. The lowest BCUT2D eigenvalue weighted by Gasteiger charge is -2.26. The van der Waals surface area contributed by atoms with Crippen LogP contribution in [0.4, 0.5) is 0 Å². The van der Waals surface area contributed by atoms with Gasteiger partial charge in [-0.3, -0.25) is 14.6 Å². The minimum absolute atomic E-state index is 0.0184. The van der Waals surface area contributed by atoms with Gasteiger partial charge in [-0.15, -0.1) is 0 Å². The zero-order chi connectivity index (χ0) is 27.0. The van der Waals surface area contributed by atoms with E-state index in [4.69, 9.17) is 9.47 Å². The van der Waals surface area contributed by atoms with Gasteiger partial charge in [0, 0.05) is 19.6 Å². The molecule has 4 rings (SSSR count). The molecule has 0 saturated carbocycles. The summed E-state index contributed by atoms with van der Waals surface area (Å²) in [5, 5.41) is 6.18. The molecule has 1 amide bonds. The number of rotatable bonds is 16. The molecule has 0 unspecified atom stereocenters. The topological polar surface area (TPSA) is 66.1 Å². The number of amides is 1. The number of nitrogens with zero attached hydrogens (tertiary/aromatic N) is 2. The summed E-state index contributed by atoms with van der Waals surface area (Å²) in [4.78, 5) is 17.2. The van der Waals surface area contributed by atoms with Crippen LogP contribution in [0.25, 0.3) is 0 Å². The average molecular weight is 537 g/mol. The van der Waals surface area contributed by atoms with Crippen LogP contribution < -0.4 is 20.1 Å². The van der Waals surface area contributed by atoms with Gasteiger partial charge in [0.2, 0.25) is 5.91 Å². The molecule has 2 fully saturated rings. The summed E-state index contributed by atoms with van der Waals surface area (Å²) in [5.74, 6) is 1.86. The standard InChI is InChI=1S/C32H48N4O3/c37-32(34-16-10-22-39-31-14-8-12-29(24-31)27-36-19-5-2-6-20-36)25-33-15-9-21-38-30-13-7-11-28(23-30)26-35-17-3-1-4-18-35/h7-8,11-14,23-24,33H,1-6,9-10,15-22,25-27H2,(H,34,37). The molecule has 2 N–H and O–H groups in total. The second-order valence-electron chi connectivity index (χ2n) is 10.9. The third kappa shape index (κ3) is 11.6. The number of likely N-dealkylation sites (tertiary alicyclic amines) is 2. The molecule has 0 aromatic heterocycles. The molecular formula is C32H48N4O3. The van der Waals surface area contributed by atoms with Crippen molar-refractivity contribution in [1.29, 1.82) is 0 Å². The van der Waals surface area contributed by atoms with Crippen molar-refractivity contribution < 1.29 is 14.3 Å². The minimum Gasteiger partial charge on any atom is -0.494 e.